The molecule has 140 valence electrons. The molecule has 0 fully saturated rings. The lowest BCUT2D eigenvalue weighted by Gasteiger charge is -2.17. The van der Waals surface area contributed by atoms with E-state index in [0.717, 1.165) is 34.1 Å². The van der Waals surface area contributed by atoms with E-state index in [9.17, 15) is 0 Å². The highest BCUT2D eigenvalue weighted by molar-refractivity contribution is 6.33. The second kappa shape index (κ2) is 8.27. The molecule has 0 aliphatic heterocycles. The number of ether oxygens (including phenoxy) is 2. The fourth-order valence-corrected chi connectivity index (χ4v) is 3.04. The summed E-state index contributed by atoms with van der Waals surface area (Å²) in [5, 5.41) is 4.04. The molecule has 1 atom stereocenters. The fraction of sp³-hybridized carbons (Fsp3) is 0.238. The smallest absolute Gasteiger partial charge is 0.130 e. The van der Waals surface area contributed by atoms with Gasteiger partial charge < -0.3 is 14.8 Å². The summed E-state index contributed by atoms with van der Waals surface area (Å²) in [6.07, 6.45) is 0. The van der Waals surface area contributed by atoms with Gasteiger partial charge in [-0.3, -0.25) is 0 Å². The summed E-state index contributed by atoms with van der Waals surface area (Å²) in [5.41, 5.74) is 2.65. The normalized spacial score (nSPS) is 11.7. The first-order chi connectivity index (χ1) is 13.0. The third-order valence-corrected chi connectivity index (χ3v) is 4.58. The van der Waals surface area contributed by atoms with Gasteiger partial charge in [0.05, 0.1) is 31.0 Å². The van der Waals surface area contributed by atoms with Crippen molar-refractivity contribution in [3.63, 3.8) is 0 Å². The van der Waals surface area contributed by atoms with Crippen molar-refractivity contribution in [1.82, 2.24) is 9.97 Å². The average Bonchev–Trinajstić information content (AvgIpc) is 2.68. The average molecular weight is 384 g/mol. The Labute approximate surface area is 164 Å². The van der Waals surface area contributed by atoms with Gasteiger partial charge in [-0.2, -0.15) is 0 Å². The quantitative estimate of drug-likeness (QED) is 0.626. The summed E-state index contributed by atoms with van der Waals surface area (Å²) in [7, 11) is 3.29. The molecule has 3 rings (SSSR count). The van der Waals surface area contributed by atoms with Crippen LogP contribution in [0.25, 0.3) is 11.3 Å². The van der Waals surface area contributed by atoms with E-state index in [1.807, 2.05) is 49.4 Å². The zero-order chi connectivity index (χ0) is 19.4. The minimum absolute atomic E-state index is 0.0445. The van der Waals surface area contributed by atoms with E-state index in [-0.39, 0.29) is 6.04 Å². The van der Waals surface area contributed by atoms with E-state index >= 15 is 0 Å². The molecule has 6 heteroatoms. The zero-order valence-electron chi connectivity index (χ0n) is 15.8. The summed E-state index contributed by atoms with van der Waals surface area (Å²) in [6.45, 7) is 3.93. The number of hydrogen-bond donors (Lipinski definition) is 1. The Balaban J connectivity index is 1.91. The molecule has 3 aromatic rings. The molecule has 1 heterocycles. The van der Waals surface area contributed by atoms with Gasteiger partial charge in [-0.15, -0.1) is 0 Å². The van der Waals surface area contributed by atoms with Crippen LogP contribution in [-0.2, 0) is 0 Å². The number of benzene rings is 2. The Kier molecular flexibility index (Phi) is 5.81. The first-order valence-corrected chi connectivity index (χ1v) is 8.98. The van der Waals surface area contributed by atoms with Crippen molar-refractivity contribution in [3.8, 4) is 22.8 Å². The number of methoxy groups -OCH3 is 2. The first kappa shape index (κ1) is 19.0. The monoisotopic (exact) mass is 383 g/mol. The van der Waals surface area contributed by atoms with Crippen LogP contribution in [0, 0.1) is 6.92 Å². The predicted molar refractivity (Wildman–Crippen MR) is 109 cm³/mol. The lowest BCUT2D eigenvalue weighted by atomic mass is 10.1. The van der Waals surface area contributed by atoms with E-state index in [0.29, 0.717) is 10.8 Å². The minimum atomic E-state index is 0.0445. The van der Waals surface area contributed by atoms with Crippen molar-refractivity contribution >= 4 is 17.4 Å². The fourth-order valence-electron chi connectivity index (χ4n) is 2.82. The van der Waals surface area contributed by atoms with E-state index in [2.05, 4.69) is 22.2 Å². The van der Waals surface area contributed by atoms with Crippen LogP contribution in [0.15, 0.2) is 48.5 Å². The topological polar surface area (TPSA) is 56.3 Å². The summed E-state index contributed by atoms with van der Waals surface area (Å²) in [4.78, 5) is 9.05. The maximum Gasteiger partial charge on any atom is 0.130 e. The van der Waals surface area contributed by atoms with Gasteiger partial charge in [0.2, 0.25) is 0 Å². The number of rotatable bonds is 6. The minimum Gasteiger partial charge on any atom is -0.497 e. The lowest BCUT2D eigenvalue weighted by Crippen LogP contribution is -2.09. The van der Waals surface area contributed by atoms with Crippen molar-refractivity contribution in [1.29, 1.82) is 0 Å². The lowest BCUT2D eigenvalue weighted by molar-refractivity contribution is 0.414. The van der Waals surface area contributed by atoms with E-state index < -0.39 is 0 Å². The van der Waals surface area contributed by atoms with Crippen molar-refractivity contribution < 1.29 is 9.47 Å². The Morgan fingerprint density at radius 2 is 1.70 bits per heavy atom. The molecule has 2 aromatic carbocycles. The standard InChI is InChI=1S/C21H22ClN3O2/c1-13(15-6-5-7-16(10-15)26-3)23-21-12-20(24-14(2)25-21)18-11-17(27-4)8-9-19(18)22/h5-13H,1-4H3,(H,23,24,25). The molecule has 1 N–H and O–H groups in total. The van der Waals surface area contributed by atoms with Crippen LogP contribution in [0.3, 0.4) is 0 Å². The van der Waals surface area contributed by atoms with Crippen LogP contribution in [0.2, 0.25) is 5.02 Å². The molecule has 0 saturated carbocycles. The molecule has 0 bridgehead atoms. The maximum absolute atomic E-state index is 6.38. The van der Waals surface area contributed by atoms with Gasteiger partial charge in [0, 0.05) is 11.6 Å². The second-order valence-electron chi connectivity index (χ2n) is 6.17. The second-order valence-corrected chi connectivity index (χ2v) is 6.58. The summed E-state index contributed by atoms with van der Waals surface area (Å²) in [6, 6.07) is 15.4. The number of nitrogens with zero attached hydrogens (tertiary/aromatic N) is 2. The molecule has 0 aliphatic carbocycles. The molecule has 0 aliphatic rings. The van der Waals surface area contributed by atoms with Crippen molar-refractivity contribution in [2.24, 2.45) is 0 Å². The van der Waals surface area contributed by atoms with Gasteiger partial charge in [0.15, 0.2) is 0 Å². The van der Waals surface area contributed by atoms with Gasteiger partial charge in [0.25, 0.3) is 0 Å². The molecule has 0 saturated heterocycles. The number of anilines is 1. The third kappa shape index (κ3) is 4.49. The number of hydrogen-bond acceptors (Lipinski definition) is 5. The highest BCUT2D eigenvalue weighted by atomic mass is 35.5. The molecule has 0 radical (unpaired) electrons. The summed E-state index contributed by atoms with van der Waals surface area (Å²) in [5.74, 6) is 2.94. The van der Waals surface area contributed by atoms with E-state index in [1.165, 1.54) is 0 Å². The van der Waals surface area contributed by atoms with Gasteiger partial charge in [0.1, 0.15) is 23.1 Å². The predicted octanol–water partition coefficient (Wildman–Crippen LogP) is 5.30. The van der Waals surface area contributed by atoms with Gasteiger partial charge >= 0.3 is 0 Å². The molecule has 1 unspecified atom stereocenters. The summed E-state index contributed by atoms with van der Waals surface area (Å²) < 4.78 is 10.6. The van der Waals surface area contributed by atoms with Crippen molar-refractivity contribution in [2.45, 2.75) is 19.9 Å². The number of nitrogens with one attached hydrogen (secondary N) is 1. The Morgan fingerprint density at radius 3 is 2.44 bits per heavy atom. The molecular formula is C21H22ClN3O2. The van der Waals surface area contributed by atoms with Crippen LogP contribution in [-0.4, -0.2) is 24.2 Å². The zero-order valence-corrected chi connectivity index (χ0v) is 16.5. The van der Waals surface area contributed by atoms with Crippen LogP contribution < -0.4 is 14.8 Å². The molecule has 1 aromatic heterocycles. The Bertz CT molecular complexity index is 946. The molecular weight excluding hydrogens is 362 g/mol. The molecule has 5 nitrogen and oxygen atoms in total. The molecule has 27 heavy (non-hydrogen) atoms. The van der Waals surface area contributed by atoms with Crippen LogP contribution in [0.4, 0.5) is 5.82 Å². The van der Waals surface area contributed by atoms with E-state index in [1.54, 1.807) is 20.3 Å². The summed E-state index contributed by atoms with van der Waals surface area (Å²) >= 11 is 6.38. The Morgan fingerprint density at radius 1 is 0.963 bits per heavy atom. The number of aryl methyl sites for hydroxylation is 1. The van der Waals surface area contributed by atoms with Gasteiger partial charge in [-0.1, -0.05) is 23.7 Å². The van der Waals surface area contributed by atoms with Crippen LogP contribution in [0.5, 0.6) is 11.5 Å². The highest BCUT2D eigenvalue weighted by Gasteiger charge is 2.12. The molecule has 0 amide bonds. The SMILES string of the molecule is COc1cccc(C(C)Nc2cc(-c3cc(OC)ccc3Cl)nc(C)n2)c1. The molecule has 0 spiro atoms. The van der Waals surface area contributed by atoms with Crippen molar-refractivity contribution in [3.05, 3.63) is 64.9 Å². The van der Waals surface area contributed by atoms with Gasteiger partial charge in [-0.05, 0) is 49.7 Å². The van der Waals surface area contributed by atoms with E-state index in [4.69, 9.17) is 21.1 Å². The number of halogens is 1. The number of aromatic nitrogens is 2. The third-order valence-electron chi connectivity index (χ3n) is 4.25. The van der Waals surface area contributed by atoms with Crippen LogP contribution in [0.1, 0.15) is 24.4 Å². The van der Waals surface area contributed by atoms with Gasteiger partial charge in [-0.25, -0.2) is 9.97 Å². The van der Waals surface area contributed by atoms with Crippen LogP contribution >= 0.6 is 11.6 Å². The maximum atomic E-state index is 6.38. The largest absolute Gasteiger partial charge is 0.497 e. The van der Waals surface area contributed by atoms with Crippen molar-refractivity contribution in [2.75, 3.05) is 19.5 Å². The highest BCUT2D eigenvalue weighted by Crippen LogP contribution is 2.32. The first-order valence-electron chi connectivity index (χ1n) is 8.60. The Hall–Kier alpha value is -2.79.